The van der Waals surface area contributed by atoms with Crippen LogP contribution in [0.3, 0.4) is 0 Å². The van der Waals surface area contributed by atoms with E-state index in [1.807, 2.05) is 0 Å². The highest BCUT2D eigenvalue weighted by molar-refractivity contribution is 6.84. The van der Waals surface area contributed by atoms with Crippen LogP contribution in [0.2, 0.25) is 38.3 Å². The van der Waals surface area contributed by atoms with E-state index in [2.05, 4.69) is 63.7 Å². The van der Waals surface area contributed by atoms with Crippen LogP contribution in [-0.4, -0.2) is 65.7 Å². The summed E-state index contributed by atoms with van der Waals surface area (Å²) in [7, 11) is -3.01. The maximum absolute atomic E-state index is 6.76. The van der Waals surface area contributed by atoms with Gasteiger partial charge in [-0.2, -0.15) is 0 Å². The third-order valence-corrected chi connectivity index (χ3v) is 12.4. The lowest BCUT2D eigenvalue weighted by molar-refractivity contribution is 0.301. The van der Waals surface area contributed by atoms with Gasteiger partial charge in [0.25, 0.3) is 0 Å². The highest BCUT2D eigenvalue weighted by Gasteiger charge is 2.32. The summed E-state index contributed by atoms with van der Waals surface area (Å²) >= 11 is 0. The van der Waals surface area contributed by atoms with E-state index >= 15 is 0 Å². The van der Waals surface area contributed by atoms with Gasteiger partial charge in [-0.25, -0.2) is 0 Å². The maximum atomic E-state index is 6.76. The molecule has 0 bridgehead atoms. The second-order valence-electron chi connectivity index (χ2n) is 7.88. The lowest BCUT2D eigenvalue weighted by Gasteiger charge is -2.35. The Kier molecular flexibility index (Phi) is 12.0. The third-order valence-electron chi connectivity index (χ3n) is 4.85. The first-order valence-electron chi connectivity index (χ1n) is 9.84. The molecule has 0 fully saturated rings. The second kappa shape index (κ2) is 11.8. The first-order chi connectivity index (χ1) is 10.7. The van der Waals surface area contributed by atoms with E-state index in [1.54, 1.807) is 0 Å². The maximum Gasteiger partial charge on any atom is 0.173 e. The van der Waals surface area contributed by atoms with Crippen LogP contribution in [0.15, 0.2) is 0 Å². The standard InChI is InChI=1S/C18H44N2OSi2/c1-9-19(10-2)15-13-17-22(5,6)21-23(7,8)18-14-16-20(11-3)12-4/h9-18H2,1-8H3. The molecule has 0 saturated carbocycles. The van der Waals surface area contributed by atoms with E-state index in [1.165, 1.54) is 64.2 Å². The summed E-state index contributed by atoms with van der Waals surface area (Å²) in [5, 5.41) is 0. The summed E-state index contributed by atoms with van der Waals surface area (Å²) in [5.74, 6) is 0. The molecule has 23 heavy (non-hydrogen) atoms. The molecule has 5 heteroatoms. The zero-order valence-corrected chi connectivity index (χ0v) is 19.4. The predicted molar refractivity (Wildman–Crippen MR) is 110 cm³/mol. The Hall–Kier alpha value is 0.314. The van der Waals surface area contributed by atoms with Gasteiger partial charge in [-0.3, -0.25) is 0 Å². The van der Waals surface area contributed by atoms with Crippen molar-refractivity contribution in [3.63, 3.8) is 0 Å². The molecule has 140 valence electrons. The van der Waals surface area contributed by atoms with Crippen molar-refractivity contribution in [2.24, 2.45) is 0 Å². The van der Waals surface area contributed by atoms with Gasteiger partial charge >= 0.3 is 0 Å². The van der Waals surface area contributed by atoms with Crippen molar-refractivity contribution >= 4 is 16.6 Å². The van der Waals surface area contributed by atoms with Crippen molar-refractivity contribution in [1.82, 2.24) is 9.80 Å². The minimum Gasteiger partial charge on any atom is -0.455 e. The van der Waals surface area contributed by atoms with E-state index in [0.29, 0.717) is 0 Å². The first kappa shape index (κ1) is 23.3. The Morgan fingerprint density at radius 2 is 0.913 bits per heavy atom. The van der Waals surface area contributed by atoms with Gasteiger partial charge in [0.2, 0.25) is 0 Å². The van der Waals surface area contributed by atoms with Crippen molar-refractivity contribution < 1.29 is 4.12 Å². The van der Waals surface area contributed by atoms with Crippen LogP contribution >= 0.6 is 0 Å². The van der Waals surface area contributed by atoms with Gasteiger partial charge in [-0.15, -0.1) is 0 Å². The Labute approximate surface area is 149 Å². The van der Waals surface area contributed by atoms with Crippen LogP contribution in [0.4, 0.5) is 0 Å². The van der Waals surface area contributed by atoms with Gasteiger partial charge in [0.15, 0.2) is 16.6 Å². The molecule has 0 radical (unpaired) electrons. The number of hydrogen-bond acceptors (Lipinski definition) is 3. The fourth-order valence-electron chi connectivity index (χ4n) is 3.39. The minimum atomic E-state index is -1.50. The molecule has 0 heterocycles. The number of hydrogen-bond donors (Lipinski definition) is 0. The van der Waals surface area contributed by atoms with E-state index in [4.69, 9.17) is 4.12 Å². The van der Waals surface area contributed by atoms with Gasteiger partial charge in [0, 0.05) is 0 Å². The fourth-order valence-corrected chi connectivity index (χ4v) is 12.2. The largest absolute Gasteiger partial charge is 0.455 e. The third kappa shape index (κ3) is 11.5. The van der Waals surface area contributed by atoms with Crippen LogP contribution < -0.4 is 0 Å². The molecule has 3 nitrogen and oxygen atoms in total. The van der Waals surface area contributed by atoms with Crippen LogP contribution in [0.1, 0.15) is 40.5 Å². The number of rotatable bonds is 14. The predicted octanol–water partition coefficient (Wildman–Crippen LogP) is 4.88. The van der Waals surface area contributed by atoms with Gasteiger partial charge in [0.05, 0.1) is 0 Å². The lowest BCUT2D eigenvalue weighted by atomic mass is 10.4. The quantitative estimate of drug-likeness (QED) is 0.411. The highest BCUT2D eigenvalue weighted by atomic mass is 28.4. The van der Waals surface area contributed by atoms with Gasteiger partial charge in [-0.05, 0) is 90.4 Å². The molecular formula is C18H44N2OSi2. The zero-order chi connectivity index (χ0) is 17.9. The molecule has 0 N–H and O–H groups in total. The molecule has 0 aliphatic heterocycles. The molecule has 0 aromatic rings. The lowest BCUT2D eigenvalue weighted by Crippen LogP contribution is -2.45. The summed E-state index contributed by atoms with van der Waals surface area (Å²) in [5.41, 5.74) is 0. The molecular weight excluding hydrogens is 316 g/mol. The van der Waals surface area contributed by atoms with E-state index in [0.717, 1.165) is 0 Å². The van der Waals surface area contributed by atoms with Crippen molar-refractivity contribution in [1.29, 1.82) is 0 Å². The number of nitrogens with zero attached hydrogens (tertiary/aromatic N) is 2. The summed E-state index contributed by atoms with van der Waals surface area (Å²) in [6.07, 6.45) is 2.59. The van der Waals surface area contributed by atoms with Gasteiger partial charge < -0.3 is 13.9 Å². The molecule has 0 aromatic heterocycles. The average Bonchev–Trinajstić information content (AvgIpc) is 2.47. The van der Waals surface area contributed by atoms with Gasteiger partial charge in [-0.1, -0.05) is 27.7 Å². The SMILES string of the molecule is CCN(CC)CCC[Si](C)(C)O[Si](C)(C)CCCN(CC)CC. The zero-order valence-electron chi connectivity index (χ0n) is 17.4. The summed E-state index contributed by atoms with van der Waals surface area (Å²) in [4.78, 5) is 5.05. The van der Waals surface area contributed by atoms with E-state index in [9.17, 15) is 0 Å². The van der Waals surface area contributed by atoms with Gasteiger partial charge in [0.1, 0.15) is 0 Å². The Balaban J connectivity index is 4.18. The summed E-state index contributed by atoms with van der Waals surface area (Å²) in [6, 6.07) is 2.60. The molecule has 0 aliphatic carbocycles. The molecule has 0 unspecified atom stereocenters. The first-order valence-corrected chi connectivity index (χ1v) is 16.1. The van der Waals surface area contributed by atoms with Crippen LogP contribution in [0.5, 0.6) is 0 Å². The Morgan fingerprint density at radius 1 is 0.609 bits per heavy atom. The molecule has 0 saturated heterocycles. The summed E-state index contributed by atoms with van der Waals surface area (Å²) < 4.78 is 6.76. The highest BCUT2D eigenvalue weighted by Crippen LogP contribution is 2.24. The summed E-state index contributed by atoms with van der Waals surface area (Å²) in [6.45, 7) is 25.9. The smallest absolute Gasteiger partial charge is 0.173 e. The van der Waals surface area contributed by atoms with E-state index in [-0.39, 0.29) is 0 Å². The molecule has 0 aromatic carbocycles. The van der Waals surface area contributed by atoms with Crippen molar-refractivity contribution in [3.8, 4) is 0 Å². The monoisotopic (exact) mass is 360 g/mol. The molecule has 0 atom stereocenters. The Morgan fingerprint density at radius 3 is 1.17 bits per heavy atom. The topological polar surface area (TPSA) is 15.7 Å². The molecule has 0 spiro atoms. The van der Waals surface area contributed by atoms with Crippen LogP contribution in [0, 0.1) is 0 Å². The molecule has 0 rings (SSSR count). The van der Waals surface area contributed by atoms with Crippen LogP contribution in [0.25, 0.3) is 0 Å². The van der Waals surface area contributed by atoms with Crippen molar-refractivity contribution in [2.75, 3.05) is 39.3 Å². The second-order valence-corrected chi connectivity index (χ2v) is 16.7. The normalized spacial score (nSPS) is 13.3. The molecule has 0 amide bonds. The molecule has 0 aliphatic rings. The van der Waals surface area contributed by atoms with Crippen molar-refractivity contribution in [3.05, 3.63) is 0 Å². The Bertz CT molecular complexity index is 263. The van der Waals surface area contributed by atoms with Crippen LogP contribution in [-0.2, 0) is 4.12 Å². The fraction of sp³-hybridized carbons (Fsp3) is 1.00. The minimum absolute atomic E-state index is 1.17. The van der Waals surface area contributed by atoms with Crippen molar-refractivity contribution in [2.45, 2.75) is 78.8 Å². The average molecular weight is 361 g/mol. The van der Waals surface area contributed by atoms with E-state index < -0.39 is 16.6 Å².